The number of hydrogen-bond acceptors (Lipinski definition) is 3. The van der Waals surface area contributed by atoms with Crippen molar-refractivity contribution >= 4 is 22.6 Å². The molecule has 0 bridgehead atoms. The molecule has 13 heavy (non-hydrogen) atoms. The van der Waals surface area contributed by atoms with E-state index in [1.165, 1.54) is 7.11 Å². The molecule has 4 heteroatoms. The lowest BCUT2D eigenvalue weighted by molar-refractivity contribution is 0.272. The van der Waals surface area contributed by atoms with E-state index in [4.69, 9.17) is 15.1 Å². The van der Waals surface area contributed by atoms with Gasteiger partial charge in [0, 0.05) is 9.13 Å². The molecule has 0 aliphatic rings. The third-order valence-electron chi connectivity index (χ3n) is 1.69. The van der Waals surface area contributed by atoms with E-state index < -0.39 is 0 Å². The molecule has 0 heterocycles. The molecular formula is C9H8INO2. The number of aliphatic hydroxyl groups excluding tert-OH is 1. The molecule has 0 atom stereocenters. The standard InChI is InChI=1S/C9H8INO2/c1-13-9-6(4-11)2-3-8(10)7(9)5-12/h2-3,12H,5H2,1H3. The highest BCUT2D eigenvalue weighted by atomic mass is 127. The number of hydrogen-bond donors (Lipinski definition) is 1. The molecule has 0 fully saturated rings. The highest BCUT2D eigenvalue weighted by molar-refractivity contribution is 14.1. The maximum absolute atomic E-state index is 9.06. The maximum atomic E-state index is 9.06. The number of aliphatic hydroxyl groups is 1. The van der Waals surface area contributed by atoms with Crippen molar-refractivity contribution in [1.29, 1.82) is 5.26 Å². The third-order valence-corrected chi connectivity index (χ3v) is 2.70. The molecule has 3 nitrogen and oxygen atoms in total. The van der Waals surface area contributed by atoms with Gasteiger partial charge in [-0.1, -0.05) is 0 Å². The molecule has 1 aromatic carbocycles. The zero-order valence-corrected chi connectivity index (χ0v) is 9.20. The number of rotatable bonds is 2. The Morgan fingerprint density at radius 1 is 1.62 bits per heavy atom. The van der Waals surface area contributed by atoms with Crippen molar-refractivity contribution < 1.29 is 9.84 Å². The van der Waals surface area contributed by atoms with Gasteiger partial charge in [-0.25, -0.2) is 0 Å². The summed E-state index contributed by atoms with van der Waals surface area (Å²) in [5, 5.41) is 17.8. The van der Waals surface area contributed by atoms with Crippen LogP contribution in [0.5, 0.6) is 5.75 Å². The van der Waals surface area contributed by atoms with E-state index >= 15 is 0 Å². The second-order valence-corrected chi connectivity index (χ2v) is 3.54. The fourth-order valence-electron chi connectivity index (χ4n) is 1.07. The maximum Gasteiger partial charge on any atom is 0.143 e. The molecule has 0 radical (unpaired) electrons. The molecule has 1 N–H and O–H groups in total. The van der Waals surface area contributed by atoms with Crippen LogP contribution in [0.4, 0.5) is 0 Å². The smallest absolute Gasteiger partial charge is 0.143 e. The van der Waals surface area contributed by atoms with Gasteiger partial charge >= 0.3 is 0 Å². The zero-order valence-electron chi connectivity index (χ0n) is 7.04. The van der Waals surface area contributed by atoms with E-state index in [-0.39, 0.29) is 6.61 Å². The molecule has 0 aromatic heterocycles. The molecule has 0 amide bonds. The van der Waals surface area contributed by atoms with Crippen LogP contribution in [0.1, 0.15) is 11.1 Å². The van der Waals surface area contributed by atoms with Gasteiger partial charge in [0.1, 0.15) is 11.8 Å². The fourth-order valence-corrected chi connectivity index (χ4v) is 1.67. The number of benzene rings is 1. The van der Waals surface area contributed by atoms with Crippen LogP contribution < -0.4 is 4.74 Å². The Labute approximate surface area is 90.1 Å². The topological polar surface area (TPSA) is 53.2 Å². The van der Waals surface area contributed by atoms with Crippen LogP contribution in [-0.4, -0.2) is 12.2 Å². The molecule has 0 saturated carbocycles. The summed E-state index contributed by atoms with van der Waals surface area (Å²) in [6, 6.07) is 5.47. The average molecular weight is 289 g/mol. The minimum atomic E-state index is -0.114. The first-order valence-electron chi connectivity index (χ1n) is 3.61. The van der Waals surface area contributed by atoms with Gasteiger partial charge in [0.05, 0.1) is 19.3 Å². The predicted octanol–water partition coefficient (Wildman–Crippen LogP) is 1.66. The van der Waals surface area contributed by atoms with E-state index in [0.29, 0.717) is 16.9 Å². The molecule has 0 aliphatic heterocycles. The van der Waals surface area contributed by atoms with Gasteiger partial charge in [-0.3, -0.25) is 0 Å². The van der Waals surface area contributed by atoms with Crippen molar-refractivity contribution in [2.75, 3.05) is 7.11 Å². The molecule has 0 aliphatic carbocycles. The van der Waals surface area contributed by atoms with Crippen molar-refractivity contribution in [2.45, 2.75) is 6.61 Å². The number of halogens is 1. The zero-order chi connectivity index (χ0) is 9.84. The number of methoxy groups -OCH3 is 1. The quantitative estimate of drug-likeness (QED) is 0.842. The Morgan fingerprint density at radius 3 is 2.77 bits per heavy atom. The van der Waals surface area contributed by atoms with Crippen LogP contribution >= 0.6 is 22.6 Å². The Balaban J connectivity index is 3.38. The average Bonchev–Trinajstić information content (AvgIpc) is 2.17. The van der Waals surface area contributed by atoms with Gasteiger partial charge in [-0.05, 0) is 34.7 Å². The van der Waals surface area contributed by atoms with Crippen molar-refractivity contribution in [2.24, 2.45) is 0 Å². The van der Waals surface area contributed by atoms with Crippen LogP contribution in [0.15, 0.2) is 12.1 Å². The van der Waals surface area contributed by atoms with Crippen LogP contribution in [0.3, 0.4) is 0 Å². The highest BCUT2D eigenvalue weighted by Crippen LogP contribution is 2.27. The molecule has 0 saturated heterocycles. The second kappa shape index (κ2) is 4.44. The second-order valence-electron chi connectivity index (χ2n) is 2.38. The van der Waals surface area contributed by atoms with Crippen molar-refractivity contribution in [3.63, 3.8) is 0 Å². The monoisotopic (exact) mass is 289 g/mol. The summed E-state index contributed by atoms with van der Waals surface area (Å²) in [6.07, 6.45) is 0. The normalized spacial score (nSPS) is 9.38. The summed E-state index contributed by atoms with van der Waals surface area (Å²) in [6.45, 7) is -0.114. The van der Waals surface area contributed by atoms with E-state index in [1.54, 1.807) is 12.1 Å². The van der Waals surface area contributed by atoms with Crippen molar-refractivity contribution in [3.05, 3.63) is 26.8 Å². The molecular weight excluding hydrogens is 281 g/mol. The number of ether oxygens (including phenoxy) is 1. The first-order valence-corrected chi connectivity index (χ1v) is 4.68. The van der Waals surface area contributed by atoms with Crippen LogP contribution in [0.25, 0.3) is 0 Å². The Kier molecular flexibility index (Phi) is 3.51. The summed E-state index contributed by atoms with van der Waals surface area (Å²) in [5.74, 6) is 0.469. The largest absolute Gasteiger partial charge is 0.495 e. The van der Waals surface area contributed by atoms with Gasteiger partial charge in [0.25, 0.3) is 0 Å². The number of nitriles is 1. The first kappa shape index (κ1) is 10.3. The molecule has 68 valence electrons. The summed E-state index contributed by atoms with van der Waals surface area (Å²) >= 11 is 2.09. The minimum absolute atomic E-state index is 0.114. The van der Waals surface area contributed by atoms with Gasteiger partial charge in [-0.2, -0.15) is 5.26 Å². The Bertz CT molecular complexity index is 357. The Morgan fingerprint density at radius 2 is 2.31 bits per heavy atom. The predicted molar refractivity (Wildman–Crippen MR) is 56.3 cm³/mol. The van der Waals surface area contributed by atoms with Crippen LogP contribution in [0.2, 0.25) is 0 Å². The summed E-state index contributed by atoms with van der Waals surface area (Å²) in [4.78, 5) is 0. The van der Waals surface area contributed by atoms with Gasteiger partial charge in [-0.15, -0.1) is 0 Å². The minimum Gasteiger partial charge on any atom is -0.495 e. The first-order chi connectivity index (χ1) is 6.24. The van der Waals surface area contributed by atoms with Gasteiger partial charge in [0.15, 0.2) is 0 Å². The van der Waals surface area contributed by atoms with E-state index in [9.17, 15) is 0 Å². The van der Waals surface area contributed by atoms with Crippen LogP contribution in [-0.2, 0) is 6.61 Å². The molecule has 0 spiro atoms. The molecule has 1 rings (SSSR count). The highest BCUT2D eigenvalue weighted by Gasteiger charge is 2.11. The lowest BCUT2D eigenvalue weighted by atomic mass is 10.1. The SMILES string of the molecule is COc1c(C#N)ccc(I)c1CO. The number of nitrogens with zero attached hydrogens (tertiary/aromatic N) is 1. The fraction of sp³-hybridized carbons (Fsp3) is 0.222. The van der Waals surface area contributed by atoms with E-state index in [2.05, 4.69) is 22.6 Å². The van der Waals surface area contributed by atoms with Crippen molar-refractivity contribution in [3.8, 4) is 11.8 Å². The van der Waals surface area contributed by atoms with E-state index in [1.807, 2.05) is 6.07 Å². The van der Waals surface area contributed by atoms with Crippen molar-refractivity contribution in [1.82, 2.24) is 0 Å². The summed E-state index contributed by atoms with van der Waals surface area (Å²) in [5.41, 5.74) is 1.12. The van der Waals surface area contributed by atoms with Gasteiger partial charge < -0.3 is 9.84 Å². The molecule has 1 aromatic rings. The summed E-state index contributed by atoms with van der Waals surface area (Å²) in [7, 11) is 1.49. The molecule has 0 unspecified atom stereocenters. The van der Waals surface area contributed by atoms with E-state index in [0.717, 1.165) is 3.57 Å². The Hall–Kier alpha value is -0.800. The van der Waals surface area contributed by atoms with Gasteiger partial charge in [0.2, 0.25) is 0 Å². The lowest BCUT2D eigenvalue weighted by Gasteiger charge is -2.09. The summed E-state index contributed by atoms with van der Waals surface area (Å²) < 4.78 is 5.95. The third kappa shape index (κ3) is 1.92. The lowest BCUT2D eigenvalue weighted by Crippen LogP contribution is -1.97. The van der Waals surface area contributed by atoms with Crippen LogP contribution in [0, 0.1) is 14.9 Å².